The Kier molecular flexibility index (Phi) is 4.51. The summed E-state index contributed by atoms with van der Waals surface area (Å²) >= 11 is 9.05. The van der Waals surface area contributed by atoms with Crippen LogP contribution < -0.4 is 5.56 Å². The maximum Gasteiger partial charge on any atom is 0.258 e. The number of aromatic amines is 1. The number of rotatable bonds is 5. The molecular formula is C15H11ClN6OS2. The summed E-state index contributed by atoms with van der Waals surface area (Å²) < 4.78 is 1.73. The first kappa shape index (κ1) is 16.2. The number of hydrogen-bond acceptors (Lipinski definition) is 7. The van der Waals surface area contributed by atoms with Gasteiger partial charge in [-0.05, 0) is 40.1 Å². The molecule has 3 heterocycles. The Morgan fingerprint density at radius 2 is 2.24 bits per heavy atom. The Hall–Kier alpha value is -2.23. The maximum absolute atomic E-state index is 12.2. The minimum absolute atomic E-state index is 0.185. The second-order valence-corrected chi connectivity index (χ2v) is 7.57. The fourth-order valence-corrected chi connectivity index (χ4v) is 3.91. The highest BCUT2D eigenvalue weighted by Crippen LogP contribution is 2.21. The molecule has 126 valence electrons. The Bertz CT molecular complexity index is 1080. The van der Waals surface area contributed by atoms with E-state index in [1.54, 1.807) is 34.2 Å². The molecule has 0 saturated carbocycles. The Morgan fingerprint density at radius 1 is 1.32 bits per heavy atom. The fraction of sp³-hybridized carbons (Fsp3) is 0.133. The zero-order valence-electron chi connectivity index (χ0n) is 12.7. The van der Waals surface area contributed by atoms with Crippen LogP contribution in [0.2, 0.25) is 5.02 Å². The third-order valence-electron chi connectivity index (χ3n) is 3.44. The van der Waals surface area contributed by atoms with Gasteiger partial charge < -0.3 is 4.98 Å². The number of aromatic nitrogens is 6. The summed E-state index contributed by atoms with van der Waals surface area (Å²) in [6.07, 6.45) is 0. The van der Waals surface area contributed by atoms with Crippen molar-refractivity contribution in [2.75, 3.05) is 0 Å². The van der Waals surface area contributed by atoms with Gasteiger partial charge in [0.1, 0.15) is 5.82 Å². The topological polar surface area (TPSA) is 89.4 Å². The molecule has 0 fully saturated rings. The van der Waals surface area contributed by atoms with E-state index in [-0.39, 0.29) is 5.56 Å². The molecule has 1 aromatic carbocycles. The number of benzene rings is 1. The quantitative estimate of drug-likeness (QED) is 0.527. The van der Waals surface area contributed by atoms with Gasteiger partial charge in [0.15, 0.2) is 0 Å². The van der Waals surface area contributed by atoms with Crippen molar-refractivity contribution in [2.45, 2.75) is 17.5 Å². The van der Waals surface area contributed by atoms with Gasteiger partial charge in [-0.3, -0.25) is 4.79 Å². The summed E-state index contributed by atoms with van der Waals surface area (Å²) in [5.41, 5.74) is 0.389. The molecule has 0 bridgehead atoms. The molecule has 25 heavy (non-hydrogen) atoms. The maximum atomic E-state index is 12.2. The fourth-order valence-electron chi connectivity index (χ4n) is 2.31. The molecule has 0 aliphatic rings. The lowest BCUT2D eigenvalue weighted by Crippen LogP contribution is -2.11. The Labute approximate surface area is 155 Å². The average molecular weight is 391 g/mol. The second-order valence-electron chi connectivity index (χ2n) is 5.16. The first-order valence-corrected chi connectivity index (χ1v) is 9.53. The van der Waals surface area contributed by atoms with Gasteiger partial charge in [-0.2, -0.15) is 0 Å². The molecule has 0 aliphatic carbocycles. The average Bonchev–Trinajstić information content (AvgIpc) is 3.25. The van der Waals surface area contributed by atoms with Crippen molar-refractivity contribution in [3.05, 3.63) is 61.8 Å². The molecule has 4 rings (SSSR count). The molecule has 0 spiro atoms. The number of H-pyrrole nitrogens is 1. The van der Waals surface area contributed by atoms with Crippen molar-refractivity contribution in [3.63, 3.8) is 0 Å². The minimum atomic E-state index is -0.185. The van der Waals surface area contributed by atoms with E-state index in [2.05, 4.69) is 25.5 Å². The second kappa shape index (κ2) is 6.95. The normalized spacial score (nSPS) is 11.2. The van der Waals surface area contributed by atoms with E-state index in [9.17, 15) is 4.79 Å². The molecule has 4 aromatic rings. The summed E-state index contributed by atoms with van der Waals surface area (Å²) in [5, 5.41) is 15.5. The molecule has 0 amide bonds. The smallest absolute Gasteiger partial charge is 0.258 e. The molecule has 0 unspecified atom stereocenters. The third kappa shape index (κ3) is 3.58. The van der Waals surface area contributed by atoms with E-state index in [0.29, 0.717) is 39.2 Å². The summed E-state index contributed by atoms with van der Waals surface area (Å²) in [4.78, 5) is 20.6. The first-order chi connectivity index (χ1) is 12.2. The molecule has 0 atom stereocenters. The number of nitrogens with one attached hydrogen (secondary N) is 1. The molecular weight excluding hydrogens is 380 g/mol. The summed E-state index contributed by atoms with van der Waals surface area (Å²) in [6, 6.07) is 9.05. The number of halogens is 1. The van der Waals surface area contributed by atoms with Crippen LogP contribution in [0.4, 0.5) is 0 Å². The van der Waals surface area contributed by atoms with E-state index in [0.717, 1.165) is 0 Å². The molecule has 0 aliphatic heterocycles. The zero-order chi connectivity index (χ0) is 17.2. The van der Waals surface area contributed by atoms with Crippen LogP contribution in [0.15, 0.2) is 45.7 Å². The summed E-state index contributed by atoms with van der Waals surface area (Å²) in [5.74, 6) is 0.998. The highest BCUT2D eigenvalue weighted by Gasteiger charge is 2.10. The Balaban J connectivity index is 1.55. The van der Waals surface area contributed by atoms with Crippen LogP contribution in [-0.4, -0.2) is 30.2 Å². The van der Waals surface area contributed by atoms with Gasteiger partial charge in [0.05, 0.1) is 23.2 Å². The van der Waals surface area contributed by atoms with Gasteiger partial charge in [-0.15, -0.1) is 16.4 Å². The number of thiophene rings is 1. The molecule has 0 saturated heterocycles. The number of tetrazole rings is 1. The molecule has 1 N–H and O–H groups in total. The lowest BCUT2D eigenvalue weighted by molar-refractivity contribution is 0.608. The highest BCUT2D eigenvalue weighted by molar-refractivity contribution is 7.98. The van der Waals surface area contributed by atoms with Crippen molar-refractivity contribution in [1.82, 2.24) is 30.2 Å². The van der Waals surface area contributed by atoms with Crippen molar-refractivity contribution >= 4 is 45.6 Å². The van der Waals surface area contributed by atoms with Gasteiger partial charge >= 0.3 is 0 Å². The van der Waals surface area contributed by atoms with Crippen LogP contribution in [0.1, 0.15) is 10.7 Å². The first-order valence-electron chi connectivity index (χ1n) is 7.29. The van der Waals surface area contributed by atoms with Crippen molar-refractivity contribution in [3.8, 4) is 0 Å². The van der Waals surface area contributed by atoms with Crippen LogP contribution in [-0.2, 0) is 12.3 Å². The Morgan fingerprint density at radius 3 is 3.08 bits per heavy atom. The molecule has 0 radical (unpaired) electrons. The van der Waals surface area contributed by atoms with Gasteiger partial charge in [0, 0.05) is 9.90 Å². The molecule has 10 heteroatoms. The minimum Gasteiger partial charge on any atom is -0.309 e. The van der Waals surface area contributed by atoms with Gasteiger partial charge in [-0.1, -0.05) is 29.4 Å². The van der Waals surface area contributed by atoms with Crippen LogP contribution in [0.5, 0.6) is 0 Å². The van der Waals surface area contributed by atoms with Crippen molar-refractivity contribution in [1.29, 1.82) is 0 Å². The zero-order valence-corrected chi connectivity index (χ0v) is 15.1. The third-order valence-corrected chi connectivity index (χ3v) is 5.50. The van der Waals surface area contributed by atoms with E-state index in [1.807, 2.05) is 17.5 Å². The molecule has 7 nitrogen and oxygen atoms in total. The number of fused-ring (bicyclic) bond motifs is 1. The predicted molar refractivity (Wildman–Crippen MR) is 98.2 cm³/mol. The van der Waals surface area contributed by atoms with E-state index in [1.165, 1.54) is 16.6 Å². The predicted octanol–water partition coefficient (Wildman–Crippen LogP) is 2.97. The largest absolute Gasteiger partial charge is 0.309 e. The number of thioether (sulfide) groups is 1. The van der Waals surface area contributed by atoms with E-state index >= 15 is 0 Å². The van der Waals surface area contributed by atoms with E-state index in [4.69, 9.17) is 11.6 Å². The summed E-state index contributed by atoms with van der Waals surface area (Å²) in [7, 11) is 0. The highest BCUT2D eigenvalue weighted by atomic mass is 35.5. The van der Waals surface area contributed by atoms with Crippen molar-refractivity contribution < 1.29 is 0 Å². The molecule has 3 aromatic heterocycles. The van der Waals surface area contributed by atoms with Crippen molar-refractivity contribution in [2.24, 2.45) is 0 Å². The number of nitrogens with zero attached hydrogens (tertiary/aromatic N) is 5. The van der Waals surface area contributed by atoms with E-state index < -0.39 is 0 Å². The van der Waals surface area contributed by atoms with Crippen LogP contribution >= 0.6 is 34.7 Å². The van der Waals surface area contributed by atoms with Gasteiger partial charge in [-0.25, -0.2) is 9.67 Å². The van der Waals surface area contributed by atoms with Crippen LogP contribution in [0.25, 0.3) is 10.9 Å². The lowest BCUT2D eigenvalue weighted by atomic mass is 10.2. The monoisotopic (exact) mass is 390 g/mol. The van der Waals surface area contributed by atoms with Gasteiger partial charge in [0.2, 0.25) is 5.16 Å². The van der Waals surface area contributed by atoms with Crippen LogP contribution in [0, 0.1) is 0 Å². The lowest BCUT2D eigenvalue weighted by Gasteiger charge is -2.04. The standard InChI is InChI=1S/C15H11ClN6OS2/c16-9-3-4-11-12(6-9)17-13(18-14(11)23)8-25-15-19-20-21-22(15)7-10-2-1-5-24-10/h1-6H,7-8H2,(H,17,18,23). The number of hydrogen-bond donors (Lipinski definition) is 1. The summed E-state index contributed by atoms with van der Waals surface area (Å²) in [6.45, 7) is 0.615. The van der Waals surface area contributed by atoms with Crippen LogP contribution in [0.3, 0.4) is 0 Å². The van der Waals surface area contributed by atoms with Gasteiger partial charge in [0.25, 0.3) is 5.56 Å². The SMILES string of the molecule is O=c1[nH]c(CSc2nnnn2Cc2cccs2)nc2cc(Cl)ccc12.